The first kappa shape index (κ1) is 17.1. The molecule has 1 aromatic rings. The molecule has 0 aliphatic heterocycles. The molecular weight excluding hydrogens is 267 g/mol. The summed E-state index contributed by atoms with van der Waals surface area (Å²) < 4.78 is 42.9. The number of hydrogen-bond acceptors (Lipinski definition) is 2. The smallest absolute Gasteiger partial charge is 0.407 e. The van der Waals surface area contributed by atoms with Crippen molar-refractivity contribution in [2.75, 3.05) is 6.61 Å². The molecule has 2 N–H and O–H groups in total. The van der Waals surface area contributed by atoms with Crippen LogP contribution in [0.5, 0.6) is 5.75 Å². The van der Waals surface area contributed by atoms with Crippen LogP contribution in [0.2, 0.25) is 0 Å². The second-order valence-electron chi connectivity index (χ2n) is 4.26. The molecule has 0 saturated carbocycles. The standard InChI is InChI=1S/C12H16F3NO.ClH/c1-8(2)7-17-10-6-4-3-5-9(10)11(16)12(13,14)15;/h3-6,8,11H,7,16H2,1-2H3;1H/t11-;/m0./s1. The molecule has 6 heteroatoms. The Morgan fingerprint density at radius 2 is 1.78 bits per heavy atom. The third kappa shape index (κ3) is 4.74. The second kappa shape index (κ2) is 6.85. The summed E-state index contributed by atoms with van der Waals surface area (Å²) in [6, 6.07) is 3.98. The number of benzene rings is 1. The summed E-state index contributed by atoms with van der Waals surface area (Å²) in [7, 11) is 0. The van der Waals surface area contributed by atoms with Crippen LogP contribution in [0.15, 0.2) is 24.3 Å². The maximum Gasteiger partial charge on any atom is 0.407 e. The summed E-state index contributed by atoms with van der Waals surface area (Å²) in [5.74, 6) is 0.441. The van der Waals surface area contributed by atoms with Crippen LogP contribution in [0.4, 0.5) is 13.2 Å². The Kier molecular flexibility index (Phi) is 6.49. The molecule has 1 aromatic carbocycles. The zero-order valence-electron chi connectivity index (χ0n) is 10.2. The highest BCUT2D eigenvalue weighted by Crippen LogP contribution is 2.35. The summed E-state index contributed by atoms with van der Waals surface area (Å²) in [5.41, 5.74) is 5.15. The Balaban J connectivity index is 0.00000289. The maximum atomic E-state index is 12.5. The highest BCUT2D eigenvalue weighted by molar-refractivity contribution is 5.85. The number of hydrogen-bond donors (Lipinski definition) is 1. The highest BCUT2D eigenvalue weighted by atomic mass is 35.5. The van der Waals surface area contributed by atoms with E-state index in [1.807, 2.05) is 13.8 Å². The molecule has 0 unspecified atom stereocenters. The van der Waals surface area contributed by atoms with Gasteiger partial charge >= 0.3 is 6.18 Å². The van der Waals surface area contributed by atoms with Gasteiger partial charge in [0.1, 0.15) is 11.8 Å². The predicted octanol–water partition coefficient (Wildman–Crippen LogP) is 3.71. The molecule has 0 radical (unpaired) electrons. The van der Waals surface area contributed by atoms with Gasteiger partial charge in [0.05, 0.1) is 6.61 Å². The van der Waals surface area contributed by atoms with E-state index in [0.717, 1.165) is 0 Å². The minimum atomic E-state index is -4.46. The van der Waals surface area contributed by atoms with E-state index in [9.17, 15) is 13.2 Å². The van der Waals surface area contributed by atoms with Crippen molar-refractivity contribution < 1.29 is 17.9 Å². The van der Waals surface area contributed by atoms with Gasteiger partial charge in [0, 0.05) is 5.56 Å². The number of rotatable bonds is 4. The second-order valence-corrected chi connectivity index (χ2v) is 4.26. The van der Waals surface area contributed by atoms with Crippen LogP contribution in [-0.2, 0) is 0 Å². The summed E-state index contributed by atoms with van der Waals surface area (Å²) in [6.07, 6.45) is -4.46. The van der Waals surface area contributed by atoms with Gasteiger partial charge in [-0.25, -0.2) is 0 Å². The monoisotopic (exact) mass is 283 g/mol. The SMILES string of the molecule is CC(C)COc1ccccc1[C@H](N)C(F)(F)F.Cl. The molecule has 1 atom stereocenters. The molecule has 0 saturated heterocycles. The van der Waals surface area contributed by atoms with E-state index >= 15 is 0 Å². The Labute approximate surface area is 111 Å². The van der Waals surface area contributed by atoms with Crippen LogP contribution in [0.1, 0.15) is 25.5 Å². The maximum absolute atomic E-state index is 12.5. The molecule has 0 fully saturated rings. The van der Waals surface area contributed by atoms with E-state index in [2.05, 4.69) is 0 Å². The van der Waals surface area contributed by atoms with Gasteiger partial charge in [0.15, 0.2) is 0 Å². The molecule has 0 aliphatic rings. The molecule has 18 heavy (non-hydrogen) atoms. The van der Waals surface area contributed by atoms with Crippen molar-refractivity contribution in [3.05, 3.63) is 29.8 Å². The van der Waals surface area contributed by atoms with Crippen LogP contribution in [0.25, 0.3) is 0 Å². The normalized spacial score (nSPS) is 13.1. The minimum Gasteiger partial charge on any atom is -0.493 e. The molecular formula is C12H17ClF3NO. The van der Waals surface area contributed by atoms with E-state index < -0.39 is 12.2 Å². The summed E-state index contributed by atoms with van der Waals surface area (Å²) in [5, 5.41) is 0. The average Bonchev–Trinajstić information content (AvgIpc) is 2.24. The lowest BCUT2D eigenvalue weighted by atomic mass is 10.1. The van der Waals surface area contributed by atoms with Gasteiger partial charge in [-0.2, -0.15) is 13.2 Å². The Morgan fingerprint density at radius 3 is 2.28 bits per heavy atom. The number of para-hydroxylation sites is 1. The van der Waals surface area contributed by atoms with Gasteiger partial charge < -0.3 is 10.5 Å². The lowest BCUT2D eigenvalue weighted by Crippen LogP contribution is -2.29. The van der Waals surface area contributed by atoms with Gasteiger partial charge in [-0.15, -0.1) is 12.4 Å². The zero-order valence-corrected chi connectivity index (χ0v) is 11.0. The van der Waals surface area contributed by atoms with Crippen LogP contribution in [-0.4, -0.2) is 12.8 Å². The van der Waals surface area contributed by atoms with Gasteiger partial charge in [0.2, 0.25) is 0 Å². The Morgan fingerprint density at radius 1 is 1.22 bits per heavy atom. The van der Waals surface area contributed by atoms with Crippen LogP contribution < -0.4 is 10.5 Å². The van der Waals surface area contributed by atoms with Crippen LogP contribution in [0, 0.1) is 5.92 Å². The van der Waals surface area contributed by atoms with Crippen molar-refractivity contribution in [2.24, 2.45) is 11.7 Å². The first-order valence-corrected chi connectivity index (χ1v) is 5.36. The highest BCUT2D eigenvalue weighted by Gasteiger charge is 2.39. The first-order chi connectivity index (χ1) is 7.82. The van der Waals surface area contributed by atoms with Gasteiger partial charge in [0.25, 0.3) is 0 Å². The van der Waals surface area contributed by atoms with Crippen LogP contribution in [0.3, 0.4) is 0 Å². The van der Waals surface area contributed by atoms with Crippen molar-refractivity contribution in [3.63, 3.8) is 0 Å². The molecule has 0 aliphatic carbocycles. The minimum absolute atomic E-state index is 0. The van der Waals surface area contributed by atoms with Gasteiger partial charge in [-0.05, 0) is 12.0 Å². The van der Waals surface area contributed by atoms with E-state index in [4.69, 9.17) is 10.5 Å². The average molecular weight is 284 g/mol. The number of ether oxygens (including phenoxy) is 1. The Hall–Kier alpha value is -0.940. The van der Waals surface area contributed by atoms with E-state index in [0.29, 0.717) is 6.61 Å². The predicted molar refractivity (Wildman–Crippen MR) is 67.0 cm³/mol. The van der Waals surface area contributed by atoms with Crippen LogP contribution >= 0.6 is 12.4 Å². The van der Waals surface area contributed by atoms with E-state index in [1.165, 1.54) is 18.2 Å². The fourth-order valence-electron chi connectivity index (χ4n) is 1.30. The van der Waals surface area contributed by atoms with Gasteiger partial charge in [-0.1, -0.05) is 32.0 Å². The molecule has 0 amide bonds. The van der Waals surface area contributed by atoms with E-state index in [1.54, 1.807) is 6.07 Å². The van der Waals surface area contributed by atoms with Crippen molar-refractivity contribution in [2.45, 2.75) is 26.1 Å². The number of alkyl halides is 3. The molecule has 1 rings (SSSR count). The summed E-state index contributed by atoms with van der Waals surface area (Å²) >= 11 is 0. The molecule has 0 bridgehead atoms. The molecule has 0 heterocycles. The fourth-order valence-corrected chi connectivity index (χ4v) is 1.30. The summed E-state index contributed by atoms with van der Waals surface area (Å²) in [6.45, 7) is 4.21. The topological polar surface area (TPSA) is 35.2 Å². The summed E-state index contributed by atoms with van der Waals surface area (Å²) in [4.78, 5) is 0. The van der Waals surface area contributed by atoms with Crippen molar-refractivity contribution >= 4 is 12.4 Å². The molecule has 2 nitrogen and oxygen atoms in total. The largest absolute Gasteiger partial charge is 0.493 e. The quantitative estimate of drug-likeness (QED) is 0.914. The first-order valence-electron chi connectivity index (χ1n) is 5.36. The molecule has 0 spiro atoms. The molecule has 104 valence electrons. The van der Waals surface area contributed by atoms with Gasteiger partial charge in [-0.3, -0.25) is 0 Å². The molecule has 0 aromatic heterocycles. The zero-order chi connectivity index (χ0) is 13.1. The Bertz CT molecular complexity index is 369. The van der Waals surface area contributed by atoms with Crippen molar-refractivity contribution in [1.82, 2.24) is 0 Å². The van der Waals surface area contributed by atoms with E-state index in [-0.39, 0.29) is 29.6 Å². The lowest BCUT2D eigenvalue weighted by molar-refractivity contribution is -0.149. The lowest BCUT2D eigenvalue weighted by Gasteiger charge is -2.19. The van der Waals surface area contributed by atoms with Crippen molar-refractivity contribution in [3.8, 4) is 5.75 Å². The fraction of sp³-hybridized carbons (Fsp3) is 0.500. The number of nitrogens with two attached hydrogens (primary N) is 1. The number of halogens is 4. The third-order valence-electron chi connectivity index (χ3n) is 2.18. The van der Waals surface area contributed by atoms with Crippen molar-refractivity contribution in [1.29, 1.82) is 0 Å². The third-order valence-corrected chi connectivity index (χ3v) is 2.18.